The van der Waals surface area contributed by atoms with Gasteiger partial charge in [0.05, 0.1) is 0 Å². The first kappa shape index (κ1) is 15.8. The third-order valence-corrected chi connectivity index (χ3v) is 5.35. The number of rotatable bonds is 4. The fourth-order valence-electron chi connectivity index (χ4n) is 3.21. The highest BCUT2D eigenvalue weighted by Crippen LogP contribution is 2.31. The molecule has 0 amide bonds. The number of anilines is 2. The van der Waals surface area contributed by atoms with Gasteiger partial charge in [-0.3, -0.25) is 0 Å². The molecule has 0 aliphatic heterocycles. The summed E-state index contributed by atoms with van der Waals surface area (Å²) in [5.41, 5.74) is 1.34. The van der Waals surface area contributed by atoms with E-state index in [2.05, 4.69) is 46.6 Å². The maximum atomic E-state index is 9.16. The minimum absolute atomic E-state index is 0.254. The first-order valence-corrected chi connectivity index (χ1v) is 9.44. The van der Waals surface area contributed by atoms with Gasteiger partial charge in [-0.2, -0.15) is 5.26 Å². The number of hydrogen-bond acceptors (Lipinski definition) is 5. The molecule has 0 aromatic carbocycles. The SMILES string of the molecule is CC(C)Nc1nc(C#N)cc2cnc(NC3CC[C@H]([SiH3])C3)cc12. The molecule has 2 heterocycles. The zero-order chi connectivity index (χ0) is 16.4. The van der Waals surface area contributed by atoms with Crippen LogP contribution in [0.4, 0.5) is 11.6 Å². The largest absolute Gasteiger partial charge is 0.367 e. The van der Waals surface area contributed by atoms with E-state index in [9.17, 15) is 0 Å². The van der Waals surface area contributed by atoms with E-state index in [1.54, 1.807) is 6.07 Å². The van der Waals surface area contributed by atoms with Gasteiger partial charge in [-0.25, -0.2) is 9.97 Å². The highest BCUT2D eigenvalue weighted by Gasteiger charge is 2.21. The van der Waals surface area contributed by atoms with E-state index in [4.69, 9.17) is 5.26 Å². The Hall–Kier alpha value is -2.13. The molecule has 1 aliphatic rings. The molecule has 0 spiro atoms. The van der Waals surface area contributed by atoms with Crippen molar-refractivity contribution in [1.29, 1.82) is 5.26 Å². The van der Waals surface area contributed by atoms with Gasteiger partial charge in [-0.1, -0.05) is 12.0 Å². The smallest absolute Gasteiger partial charge is 0.143 e. The van der Waals surface area contributed by atoms with Crippen LogP contribution in [0.5, 0.6) is 0 Å². The summed E-state index contributed by atoms with van der Waals surface area (Å²) in [6, 6.07) is 6.75. The van der Waals surface area contributed by atoms with Gasteiger partial charge in [0, 0.05) is 39.3 Å². The molecule has 3 rings (SSSR count). The molecule has 120 valence electrons. The van der Waals surface area contributed by atoms with Crippen LogP contribution >= 0.6 is 0 Å². The van der Waals surface area contributed by atoms with E-state index in [-0.39, 0.29) is 6.04 Å². The number of aromatic nitrogens is 2. The average molecular weight is 325 g/mol. The second-order valence-electron chi connectivity index (χ2n) is 6.82. The molecule has 1 unspecified atom stereocenters. The van der Waals surface area contributed by atoms with E-state index in [1.165, 1.54) is 29.5 Å². The van der Waals surface area contributed by atoms with Gasteiger partial charge in [-0.05, 0) is 38.8 Å². The summed E-state index contributed by atoms with van der Waals surface area (Å²) < 4.78 is 0. The highest BCUT2D eigenvalue weighted by atomic mass is 28.1. The van der Waals surface area contributed by atoms with Gasteiger partial charge in [0.15, 0.2) is 0 Å². The van der Waals surface area contributed by atoms with Crippen LogP contribution in [0.2, 0.25) is 5.54 Å². The van der Waals surface area contributed by atoms with Crippen LogP contribution < -0.4 is 10.6 Å². The number of fused-ring (bicyclic) bond motifs is 1. The van der Waals surface area contributed by atoms with E-state index < -0.39 is 0 Å². The summed E-state index contributed by atoms with van der Waals surface area (Å²) in [6.45, 7) is 4.13. The zero-order valence-electron chi connectivity index (χ0n) is 13.9. The van der Waals surface area contributed by atoms with Crippen molar-refractivity contribution < 1.29 is 0 Å². The third kappa shape index (κ3) is 3.62. The molecule has 1 saturated carbocycles. The number of hydrogen-bond donors (Lipinski definition) is 2. The first-order chi connectivity index (χ1) is 11.0. The Balaban J connectivity index is 1.95. The minimum Gasteiger partial charge on any atom is -0.367 e. The van der Waals surface area contributed by atoms with Gasteiger partial charge < -0.3 is 10.6 Å². The standard InChI is InChI=1S/C17H23N5Si/c1-10(2)20-17-15-7-16(21-12-3-4-14(23)6-12)19-9-11(15)5-13(8-18)22-17/h5,7,9-10,12,14H,3-4,6H2,1-2,23H3,(H,19,21)(H,20,22)/t12?,14-/m0/s1. The second-order valence-corrected chi connectivity index (χ2v) is 8.45. The molecule has 2 N–H and O–H groups in total. The molecule has 0 bridgehead atoms. The predicted molar refractivity (Wildman–Crippen MR) is 98.0 cm³/mol. The topological polar surface area (TPSA) is 73.6 Å². The molecule has 0 saturated heterocycles. The third-order valence-electron chi connectivity index (χ3n) is 4.30. The molecular formula is C17H23N5Si. The Morgan fingerprint density at radius 2 is 2.17 bits per heavy atom. The van der Waals surface area contributed by atoms with Crippen LogP contribution in [0, 0.1) is 11.3 Å². The maximum Gasteiger partial charge on any atom is 0.143 e. The van der Waals surface area contributed by atoms with Crippen molar-refractivity contribution in [3.63, 3.8) is 0 Å². The van der Waals surface area contributed by atoms with Crippen LogP contribution in [-0.2, 0) is 0 Å². The summed E-state index contributed by atoms with van der Waals surface area (Å²) in [7, 11) is 1.28. The Labute approximate surface area is 139 Å². The molecule has 1 aliphatic carbocycles. The number of nitriles is 1. The predicted octanol–water partition coefficient (Wildman–Crippen LogP) is 2.44. The Morgan fingerprint density at radius 3 is 2.83 bits per heavy atom. The molecule has 5 nitrogen and oxygen atoms in total. The van der Waals surface area contributed by atoms with Gasteiger partial charge in [-0.15, -0.1) is 0 Å². The van der Waals surface area contributed by atoms with Crippen LogP contribution in [-0.4, -0.2) is 32.3 Å². The summed E-state index contributed by atoms with van der Waals surface area (Å²) in [4.78, 5) is 8.95. The summed E-state index contributed by atoms with van der Waals surface area (Å²) >= 11 is 0. The van der Waals surface area contributed by atoms with Crippen molar-refractivity contribution in [2.24, 2.45) is 0 Å². The lowest BCUT2D eigenvalue weighted by Crippen LogP contribution is -2.16. The molecule has 2 atom stereocenters. The van der Waals surface area contributed by atoms with Crippen molar-refractivity contribution in [2.45, 2.75) is 50.7 Å². The van der Waals surface area contributed by atoms with Gasteiger partial charge in [0.25, 0.3) is 0 Å². The van der Waals surface area contributed by atoms with Crippen molar-refractivity contribution in [3.8, 4) is 6.07 Å². The first-order valence-electron chi connectivity index (χ1n) is 8.29. The number of nitrogens with one attached hydrogen (secondary N) is 2. The van der Waals surface area contributed by atoms with Gasteiger partial charge >= 0.3 is 0 Å². The van der Waals surface area contributed by atoms with E-state index in [0.29, 0.717) is 11.7 Å². The quantitative estimate of drug-likeness (QED) is 0.845. The fraction of sp³-hybridized carbons (Fsp3) is 0.471. The lowest BCUT2D eigenvalue weighted by atomic mass is 10.1. The van der Waals surface area contributed by atoms with E-state index >= 15 is 0 Å². The molecule has 6 heteroatoms. The van der Waals surface area contributed by atoms with Gasteiger partial charge in [0.1, 0.15) is 23.4 Å². The van der Waals surface area contributed by atoms with Crippen molar-refractivity contribution in [3.05, 3.63) is 24.0 Å². The zero-order valence-corrected chi connectivity index (χ0v) is 15.9. The molecule has 1 fully saturated rings. The molecule has 23 heavy (non-hydrogen) atoms. The van der Waals surface area contributed by atoms with Crippen molar-refractivity contribution >= 4 is 32.7 Å². The Bertz CT molecular complexity index is 752. The monoisotopic (exact) mass is 325 g/mol. The lowest BCUT2D eigenvalue weighted by molar-refractivity contribution is 0.751. The summed E-state index contributed by atoms with van der Waals surface area (Å²) in [5.74, 6) is 1.66. The Kier molecular flexibility index (Phi) is 4.48. The van der Waals surface area contributed by atoms with Crippen LogP contribution in [0.15, 0.2) is 18.3 Å². The van der Waals surface area contributed by atoms with Crippen molar-refractivity contribution in [1.82, 2.24) is 9.97 Å². The molecule has 2 aromatic rings. The average Bonchev–Trinajstić information content (AvgIpc) is 2.92. The molecule has 2 aromatic heterocycles. The number of pyridine rings is 2. The maximum absolute atomic E-state index is 9.16. The molecule has 0 radical (unpaired) electrons. The summed E-state index contributed by atoms with van der Waals surface area (Å²) in [5, 5.41) is 18.0. The lowest BCUT2D eigenvalue weighted by Gasteiger charge is -2.16. The highest BCUT2D eigenvalue weighted by molar-refractivity contribution is 6.11. The van der Waals surface area contributed by atoms with Crippen LogP contribution in [0.1, 0.15) is 38.8 Å². The number of nitrogens with zero attached hydrogens (tertiary/aromatic N) is 3. The second kappa shape index (κ2) is 6.55. The van der Waals surface area contributed by atoms with Gasteiger partial charge in [0.2, 0.25) is 0 Å². The Morgan fingerprint density at radius 1 is 1.35 bits per heavy atom. The normalized spacial score (nSPS) is 20.8. The molecular weight excluding hydrogens is 302 g/mol. The van der Waals surface area contributed by atoms with Crippen molar-refractivity contribution in [2.75, 3.05) is 10.6 Å². The fourth-order valence-corrected chi connectivity index (χ4v) is 4.12. The van der Waals surface area contributed by atoms with Crippen LogP contribution in [0.25, 0.3) is 10.8 Å². The van der Waals surface area contributed by atoms with Crippen LogP contribution in [0.3, 0.4) is 0 Å². The van der Waals surface area contributed by atoms with E-state index in [1.807, 2.05) is 6.20 Å². The summed E-state index contributed by atoms with van der Waals surface area (Å²) in [6.07, 6.45) is 5.66. The minimum atomic E-state index is 0.254. The van der Waals surface area contributed by atoms with E-state index in [0.717, 1.165) is 27.9 Å².